The highest BCUT2D eigenvalue weighted by Gasteiger charge is 2.13. The predicted molar refractivity (Wildman–Crippen MR) is 67.4 cm³/mol. The standard InChI is InChI=1S/C11H9BrO3S/c1-14-7-3-4-8-6(10(7)12)5-9(16-8)11(13)15-2/h3-5H,1-2H3. The van der Waals surface area contributed by atoms with Gasteiger partial charge in [-0.25, -0.2) is 4.79 Å². The van der Waals surface area contributed by atoms with Crippen LogP contribution in [0.15, 0.2) is 22.7 Å². The van der Waals surface area contributed by atoms with Crippen molar-refractivity contribution in [3.8, 4) is 5.75 Å². The van der Waals surface area contributed by atoms with E-state index in [1.54, 1.807) is 13.2 Å². The molecule has 0 N–H and O–H groups in total. The van der Waals surface area contributed by atoms with Crippen molar-refractivity contribution in [1.82, 2.24) is 0 Å². The molecule has 84 valence electrons. The van der Waals surface area contributed by atoms with Gasteiger partial charge in [0.05, 0.1) is 18.7 Å². The summed E-state index contributed by atoms with van der Waals surface area (Å²) in [7, 11) is 2.99. The number of carbonyl (C=O) groups is 1. The van der Waals surface area contributed by atoms with Crippen LogP contribution in [0.2, 0.25) is 0 Å². The van der Waals surface area contributed by atoms with E-state index in [0.717, 1.165) is 20.3 Å². The van der Waals surface area contributed by atoms with Gasteiger partial charge in [0, 0.05) is 10.1 Å². The average molecular weight is 301 g/mol. The second-order valence-corrected chi connectivity index (χ2v) is 4.97. The topological polar surface area (TPSA) is 35.5 Å². The average Bonchev–Trinajstić information content (AvgIpc) is 2.73. The van der Waals surface area contributed by atoms with Gasteiger partial charge in [-0.05, 0) is 34.1 Å². The maximum Gasteiger partial charge on any atom is 0.348 e. The van der Waals surface area contributed by atoms with Gasteiger partial charge in [-0.2, -0.15) is 0 Å². The van der Waals surface area contributed by atoms with E-state index in [9.17, 15) is 4.79 Å². The molecule has 0 fully saturated rings. The summed E-state index contributed by atoms with van der Waals surface area (Å²) in [4.78, 5) is 12.0. The summed E-state index contributed by atoms with van der Waals surface area (Å²) in [5.74, 6) is 0.439. The maximum atomic E-state index is 11.4. The van der Waals surface area contributed by atoms with E-state index in [0.29, 0.717) is 4.88 Å². The minimum absolute atomic E-state index is 0.313. The molecule has 0 aliphatic heterocycles. The van der Waals surface area contributed by atoms with Crippen molar-refractivity contribution in [2.24, 2.45) is 0 Å². The zero-order valence-corrected chi connectivity index (χ0v) is 11.1. The summed E-state index contributed by atoms with van der Waals surface area (Å²) in [5, 5.41) is 0.963. The second-order valence-electron chi connectivity index (χ2n) is 3.10. The fourth-order valence-corrected chi connectivity index (χ4v) is 3.16. The summed E-state index contributed by atoms with van der Waals surface area (Å²) in [6.45, 7) is 0. The van der Waals surface area contributed by atoms with Crippen LogP contribution in [-0.2, 0) is 4.74 Å². The Hall–Kier alpha value is -1.07. The number of esters is 1. The number of ether oxygens (including phenoxy) is 2. The van der Waals surface area contributed by atoms with Crippen LogP contribution in [0.4, 0.5) is 0 Å². The van der Waals surface area contributed by atoms with E-state index in [1.165, 1.54) is 18.4 Å². The Labute approximate surface area is 105 Å². The molecule has 5 heteroatoms. The van der Waals surface area contributed by atoms with Crippen LogP contribution in [0.5, 0.6) is 5.75 Å². The number of rotatable bonds is 2. The largest absolute Gasteiger partial charge is 0.496 e. The van der Waals surface area contributed by atoms with Gasteiger partial charge in [-0.3, -0.25) is 0 Å². The summed E-state index contributed by atoms with van der Waals surface area (Å²) < 4.78 is 11.8. The molecule has 2 aromatic rings. The fraction of sp³-hybridized carbons (Fsp3) is 0.182. The summed E-state index contributed by atoms with van der Waals surface area (Å²) in [6, 6.07) is 5.60. The lowest BCUT2D eigenvalue weighted by Crippen LogP contribution is -1.96. The molecule has 3 nitrogen and oxygen atoms in total. The monoisotopic (exact) mass is 300 g/mol. The Kier molecular flexibility index (Phi) is 3.16. The number of hydrogen-bond donors (Lipinski definition) is 0. The predicted octanol–water partition coefficient (Wildman–Crippen LogP) is 3.46. The van der Waals surface area contributed by atoms with Crippen molar-refractivity contribution in [2.75, 3.05) is 14.2 Å². The Bertz CT molecular complexity index is 547. The molecule has 0 unspecified atom stereocenters. The lowest BCUT2D eigenvalue weighted by molar-refractivity contribution is 0.0606. The number of carbonyl (C=O) groups excluding carboxylic acids is 1. The Morgan fingerprint density at radius 1 is 1.38 bits per heavy atom. The third kappa shape index (κ3) is 1.81. The summed E-state index contributed by atoms with van der Waals surface area (Å²) >= 11 is 4.86. The summed E-state index contributed by atoms with van der Waals surface area (Å²) in [5.41, 5.74) is 0. The SMILES string of the molecule is COC(=O)c1cc2c(Br)c(OC)ccc2s1. The van der Waals surface area contributed by atoms with Gasteiger partial charge in [-0.1, -0.05) is 0 Å². The number of fused-ring (bicyclic) bond motifs is 1. The maximum absolute atomic E-state index is 11.4. The van der Waals surface area contributed by atoms with Crippen LogP contribution in [0.1, 0.15) is 9.67 Å². The van der Waals surface area contributed by atoms with Crippen molar-refractivity contribution in [3.05, 3.63) is 27.5 Å². The van der Waals surface area contributed by atoms with Crippen LogP contribution in [0.3, 0.4) is 0 Å². The van der Waals surface area contributed by atoms with E-state index in [-0.39, 0.29) is 5.97 Å². The molecule has 1 aromatic carbocycles. The number of halogens is 1. The molecule has 2 rings (SSSR count). The van der Waals surface area contributed by atoms with Crippen LogP contribution in [0, 0.1) is 0 Å². The molecule has 0 aliphatic rings. The smallest absolute Gasteiger partial charge is 0.348 e. The molecule has 0 atom stereocenters. The van der Waals surface area contributed by atoms with Gasteiger partial charge < -0.3 is 9.47 Å². The molecule has 1 heterocycles. The van der Waals surface area contributed by atoms with Crippen molar-refractivity contribution < 1.29 is 14.3 Å². The molecular formula is C11H9BrO3S. The first-order chi connectivity index (χ1) is 7.67. The van der Waals surface area contributed by atoms with E-state index in [2.05, 4.69) is 20.7 Å². The minimum Gasteiger partial charge on any atom is -0.496 e. The first-order valence-electron chi connectivity index (χ1n) is 4.51. The van der Waals surface area contributed by atoms with Gasteiger partial charge in [-0.15, -0.1) is 11.3 Å². The van der Waals surface area contributed by atoms with Crippen molar-refractivity contribution in [1.29, 1.82) is 0 Å². The molecular weight excluding hydrogens is 292 g/mol. The highest BCUT2D eigenvalue weighted by molar-refractivity contribution is 9.10. The third-order valence-corrected chi connectivity index (χ3v) is 4.10. The quantitative estimate of drug-likeness (QED) is 0.797. The van der Waals surface area contributed by atoms with Crippen molar-refractivity contribution in [2.45, 2.75) is 0 Å². The van der Waals surface area contributed by atoms with E-state index in [4.69, 9.17) is 4.74 Å². The van der Waals surface area contributed by atoms with Crippen molar-refractivity contribution >= 4 is 43.3 Å². The van der Waals surface area contributed by atoms with E-state index < -0.39 is 0 Å². The molecule has 1 aromatic heterocycles. The van der Waals surface area contributed by atoms with Crippen LogP contribution in [0.25, 0.3) is 10.1 Å². The number of hydrogen-bond acceptors (Lipinski definition) is 4. The highest BCUT2D eigenvalue weighted by atomic mass is 79.9. The van der Waals surface area contributed by atoms with Crippen LogP contribution in [-0.4, -0.2) is 20.2 Å². The van der Waals surface area contributed by atoms with Gasteiger partial charge in [0.1, 0.15) is 10.6 Å². The molecule has 0 aliphatic carbocycles. The molecule has 0 saturated heterocycles. The number of benzene rings is 1. The molecule has 0 radical (unpaired) electrons. The first-order valence-corrected chi connectivity index (χ1v) is 6.12. The minimum atomic E-state index is -0.313. The fourth-order valence-electron chi connectivity index (χ4n) is 1.42. The second kappa shape index (κ2) is 4.43. The first kappa shape index (κ1) is 11.4. The lowest BCUT2D eigenvalue weighted by Gasteiger charge is -2.02. The van der Waals surface area contributed by atoms with Gasteiger partial charge in [0.25, 0.3) is 0 Å². The zero-order chi connectivity index (χ0) is 11.7. The van der Waals surface area contributed by atoms with Gasteiger partial charge in [0.2, 0.25) is 0 Å². The molecule has 16 heavy (non-hydrogen) atoms. The zero-order valence-electron chi connectivity index (χ0n) is 8.74. The molecule has 0 saturated carbocycles. The Balaban J connectivity index is 2.62. The van der Waals surface area contributed by atoms with Crippen LogP contribution < -0.4 is 4.74 Å². The highest BCUT2D eigenvalue weighted by Crippen LogP contribution is 2.37. The molecule has 0 spiro atoms. The Morgan fingerprint density at radius 2 is 2.12 bits per heavy atom. The van der Waals surface area contributed by atoms with Gasteiger partial charge in [0.15, 0.2) is 0 Å². The van der Waals surface area contributed by atoms with Crippen LogP contribution >= 0.6 is 27.3 Å². The molecule has 0 amide bonds. The van der Waals surface area contributed by atoms with Gasteiger partial charge >= 0.3 is 5.97 Å². The lowest BCUT2D eigenvalue weighted by atomic mass is 10.2. The van der Waals surface area contributed by atoms with E-state index >= 15 is 0 Å². The normalized spacial score (nSPS) is 10.4. The summed E-state index contributed by atoms with van der Waals surface area (Å²) in [6.07, 6.45) is 0. The third-order valence-electron chi connectivity index (χ3n) is 2.21. The molecule has 0 bridgehead atoms. The number of methoxy groups -OCH3 is 2. The Morgan fingerprint density at radius 3 is 2.75 bits per heavy atom. The van der Waals surface area contributed by atoms with E-state index in [1.807, 2.05) is 12.1 Å². The number of thiophene rings is 1. The van der Waals surface area contributed by atoms with Crippen molar-refractivity contribution in [3.63, 3.8) is 0 Å².